The summed E-state index contributed by atoms with van der Waals surface area (Å²) < 4.78 is 14.9. The lowest BCUT2D eigenvalue weighted by molar-refractivity contribution is 0.0891. The number of hydrogen-bond acceptors (Lipinski definition) is 3. The SMILES string of the molecule is Cn1cnc(C(=O)CC(=O)c2ccc(F)cc2Br)c1. The van der Waals surface area contributed by atoms with Gasteiger partial charge in [-0.15, -0.1) is 0 Å². The maximum absolute atomic E-state index is 12.9. The lowest BCUT2D eigenvalue weighted by atomic mass is 10.0. The van der Waals surface area contributed by atoms with Crippen molar-refractivity contribution >= 4 is 27.5 Å². The third-order valence-electron chi connectivity index (χ3n) is 2.54. The molecule has 2 aromatic rings. The first-order valence-electron chi connectivity index (χ1n) is 5.47. The van der Waals surface area contributed by atoms with Crippen molar-refractivity contribution < 1.29 is 14.0 Å². The van der Waals surface area contributed by atoms with Crippen LogP contribution in [0.3, 0.4) is 0 Å². The zero-order valence-electron chi connectivity index (χ0n) is 10.1. The van der Waals surface area contributed by atoms with Gasteiger partial charge in [-0.05, 0) is 34.1 Å². The first-order valence-corrected chi connectivity index (χ1v) is 6.26. The average Bonchev–Trinajstić information content (AvgIpc) is 2.75. The molecule has 0 saturated heterocycles. The van der Waals surface area contributed by atoms with E-state index in [1.165, 1.54) is 24.5 Å². The fraction of sp³-hybridized carbons (Fsp3) is 0.154. The van der Waals surface area contributed by atoms with Crippen LogP contribution in [0.25, 0.3) is 0 Å². The van der Waals surface area contributed by atoms with Crippen LogP contribution in [0.5, 0.6) is 0 Å². The molecule has 0 N–H and O–H groups in total. The van der Waals surface area contributed by atoms with Crippen LogP contribution in [-0.4, -0.2) is 21.1 Å². The number of carbonyl (C=O) groups is 2. The van der Waals surface area contributed by atoms with Crippen molar-refractivity contribution in [3.05, 3.63) is 52.3 Å². The number of hydrogen-bond donors (Lipinski definition) is 0. The van der Waals surface area contributed by atoms with Crippen molar-refractivity contribution in [2.75, 3.05) is 0 Å². The Labute approximate surface area is 117 Å². The van der Waals surface area contributed by atoms with Gasteiger partial charge in [-0.3, -0.25) is 9.59 Å². The fourth-order valence-electron chi connectivity index (χ4n) is 1.60. The third-order valence-corrected chi connectivity index (χ3v) is 3.20. The minimum absolute atomic E-state index is 0.245. The Morgan fingerprint density at radius 1 is 1.37 bits per heavy atom. The van der Waals surface area contributed by atoms with Crippen LogP contribution in [0.15, 0.2) is 35.2 Å². The summed E-state index contributed by atoms with van der Waals surface area (Å²) in [7, 11) is 1.74. The van der Waals surface area contributed by atoms with Crippen LogP contribution in [0.4, 0.5) is 4.39 Å². The second kappa shape index (κ2) is 5.44. The summed E-state index contributed by atoms with van der Waals surface area (Å²) >= 11 is 3.11. The number of ketones is 2. The van der Waals surface area contributed by atoms with E-state index in [9.17, 15) is 14.0 Å². The Bertz CT molecular complexity index is 652. The molecule has 1 heterocycles. The van der Waals surface area contributed by atoms with Crippen LogP contribution in [0, 0.1) is 5.82 Å². The summed E-state index contributed by atoms with van der Waals surface area (Å²) in [6, 6.07) is 3.73. The predicted octanol–water partition coefficient (Wildman–Crippen LogP) is 2.78. The van der Waals surface area contributed by atoms with Crippen molar-refractivity contribution in [2.24, 2.45) is 7.05 Å². The molecule has 0 aliphatic carbocycles. The molecule has 98 valence electrons. The van der Waals surface area contributed by atoms with Gasteiger partial charge in [0.1, 0.15) is 11.5 Å². The third kappa shape index (κ3) is 3.14. The first kappa shape index (κ1) is 13.6. The molecule has 0 bridgehead atoms. The molecule has 2 rings (SSSR count). The number of aromatic nitrogens is 2. The molecular weight excluding hydrogens is 315 g/mol. The van der Waals surface area contributed by atoms with Crippen LogP contribution in [0.1, 0.15) is 27.3 Å². The molecule has 0 aliphatic rings. The zero-order valence-corrected chi connectivity index (χ0v) is 11.6. The van der Waals surface area contributed by atoms with Crippen LogP contribution in [0.2, 0.25) is 0 Å². The van der Waals surface area contributed by atoms with Gasteiger partial charge < -0.3 is 4.57 Å². The van der Waals surface area contributed by atoms with Gasteiger partial charge in [0.05, 0.1) is 12.7 Å². The van der Waals surface area contributed by atoms with E-state index >= 15 is 0 Å². The van der Waals surface area contributed by atoms with Gasteiger partial charge in [0, 0.05) is 23.3 Å². The lowest BCUT2D eigenvalue weighted by Gasteiger charge is -2.02. The minimum Gasteiger partial charge on any atom is -0.340 e. The van der Waals surface area contributed by atoms with Gasteiger partial charge in [-0.1, -0.05) is 0 Å². The van der Waals surface area contributed by atoms with E-state index in [4.69, 9.17) is 0 Å². The number of imidazole rings is 1. The molecule has 4 nitrogen and oxygen atoms in total. The molecule has 1 aromatic carbocycles. The number of halogens is 2. The Kier molecular flexibility index (Phi) is 3.90. The standard InChI is InChI=1S/C13H10BrFN2O2/c1-17-6-11(16-7-17)13(19)5-12(18)9-3-2-8(15)4-10(9)14/h2-4,6-7H,5H2,1H3. The average molecular weight is 325 g/mol. The Morgan fingerprint density at radius 3 is 2.68 bits per heavy atom. The largest absolute Gasteiger partial charge is 0.340 e. The van der Waals surface area contributed by atoms with Crippen molar-refractivity contribution in [3.63, 3.8) is 0 Å². The van der Waals surface area contributed by atoms with Crippen molar-refractivity contribution in [3.8, 4) is 0 Å². The van der Waals surface area contributed by atoms with Gasteiger partial charge in [-0.25, -0.2) is 9.37 Å². The second-order valence-corrected chi connectivity index (χ2v) is 4.93. The molecule has 0 spiro atoms. The smallest absolute Gasteiger partial charge is 0.190 e. The van der Waals surface area contributed by atoms with E-state index < -0.39 is 5.82 Å². The first-order chi connectivity index (χ1) is 8.97. The van der Waals surface area contributed by atoms with E-state index in [2.05, 4.69) is 20.9 Å². The number of aryl methyl sites for hydroxylation is 1. The van der Waals surface area contributed by atoms with E-state index in [1.807, 2.05) is 0 Å². The normalized spacial score (nSPS) is 10.5. The summed E-state index contributed by atoms with van der Waals surface area (Å²) in [6.45, 7) is 0. The quantitative estimate of drug-likeness (QED) is 0.642. The number of nitrogens with zero attached hydrogens (tertiary/aromatic N) is 2. The maximum Gasteiger partial charge on any atom is 0.190 e. The molecule has 0 amide bonds. The van der Waals surface area contributed by atoms with Crippen molar-refractivity contribution in [1.29, 1.82) is 0 Å². The molecular formula is C13H10BrFN2O2. The highest BCUT2D eigenvalue weighted by atomic mass is 79.9. The summed E-state index contributed by atoms with van der Waals surface area (Å²) in [5, 5.41) is 0. The van der Waals surface area contributed by atoms with Gasteiger partial charge in [0.15, 0.2) is 11.6 Å². The predicted molar refractivity (Wildman–Crippen MR) is 70.6 cm³/mol. The monoisotopic (exact) mass is 324 g/mol. The highest BCUT2D eigenvalue weighted by Crippen LogP contribution is 2.20. The van der Waals surface area contributed by atoms with Gasteiger partial charge in [0.25, 0.3) is 0 Å². The van der Waals surface area contributed by atoms with Crippen molar-refractivity contribution in [1.82, 2.24) is 9.55 Å². The molecule has 6 heteroatoms. The zero-order chi connectivity index (χ0) is 14.0. The van der Waals surface area contributed by atoms with Crippen LogP contribution in [-0.2, 0) is 7.05 Å². The van der Waals surface area contributed by atoms with Crippen LogP contribution >= 0.6 is 15.9 Å². The van der Waals surface area contributed by atoms with Crippen molar-refractivity contribution in [2.45, 2.75) is 6.42 Å². The number of rotatable bonds is 4. The molecule has 19 heavy (non-hydrogen) atoms. The van der Waals surface area contributed by atoms with Gasteiger partial charge >= 0.3 is 0 Å². The molecule has 0 aliphatic heterocycles. The Morgan fingerprint density at radius 2 is 2.11 bits per heavy atom. The second-order valence-electron chi connectivity index (χ2n) is 4.07. The maximum atomic E-state index is 12.9. The summed E-state index contributed by atoms with van der Waals surface area (Å²) in [5.74, 6) is -1.18. The van der Waals surface area contributed by atoms with Gasteiger partial charge in [-0.2, -0.15) is 0 Å². The molecule has 0 radical (unpaired) electrons. The summed E-state index contributed by atoms with van der Waals surface area (Å²) in [6.07, 6.45) is 2.75. The molecule has 0 unspecified atom stereocenters. The summed E-state index contributed by atoms with van der Waals surface area (Å²) in [5.41, 5.74) is 0.528. The Hall–Kier alpha value is -1.82. The minimum atomic E-state index is -0.445. The summed E-state index contributed by atoms with van der Waals surface area (Å²) in [4.78, 5) is 27.7. The topological polar surface area (TPSA) is 52.0 Å². The van der Waals surface area contributed by atoms with E-state index in [0.717, 1.165) is 0 Å². The fourth-order valence-corrected chi connectivity index (χ4v) is 2.18. The number of carbonyl (C=O) groups excluding carboxylic acids is 2. The molecule has 0 saturated carbocycles. The Balaban J connectivity index is 2.15. The highest BCUT2D eigenvalue weighted by Gasteiger charge is 2.17. The van der Waals surface area contributed by atoms with Crippen LogP contribution < -0.4 is 0 Å². The molecule has 0 fully saturated rings. The van der Waals surface area contributed by atoms with E-state index in [1.54, 1.807) is 17.8 Å². The highest BCUT2D eigenvalue weighted by molar-refractivity contribution is 9.10. The van der Waals surface area contributed by atoms with Gasteiger partial charge in [0.2, 0.25) is 0 Å². The molecule has 1 aromatic heterocycles. The number of benzene rings is 1. The van der Waals surface area contributed by atoms with E-state index in [-0.39, 0.29) is 29.2 Å². The van der Waals surface area contributed by atoms with E-state index in [0.29, 0.717) is 4.47 Å². The lowest BCUT2D eigenvalue weighted by Crippen LogP contribution is -2.09. The molecule has 0 atom stereocenters. The number of Topliss-reactive ketones (excluding diaryl/α,β-unsaturated/α-hetero) is 2.